The van der Waals surface area contributed by atoms with E-state index in [1.807, 2.05) is 4.72 Å². The maximum atomic E-state index is 13.7. The predicted molar refractivity (Wildman–Crippen MR) is 86.8 cm³/mol. The van der Waals surface area contributed by atoms with E-state index in [1.54, 1.807) is 0 Å². The van der Waals surface area contributed by atoms with Gasteiger partial charge in [-0.1, -0.05) is 6.07 Å². The minimum Gasteiger partial charge on any atom is -0.495 e. The zero-order valence-corrected chi connectivity index (χ0v) is 13.7. The van der Waals surface area contributed by atoms with E-state index in [0.717, 1.165) is 18.2 Å². The van der Waals surface area contributed by atoms with E-state index < -0.39 is 33.3 Å². The maximum Gasteiger partial charge on any atom is 0.328 e. The van der Waals surface area contributed by atoms with Crippen molar-refractivity contribution in [1.29, 1.82) is 0 Å². The third-order valence-electron chi connectivity index (χ3n) is 3.07. The number of methoxy groups -OCH3 is 1. The van der Waals surface area contributed by atoms with Gasteiger partial charge >= 0.3 is 5.97 Å². The van der Waals surface area contributed by atoms with Crippen LogP contribution in [0.25, 0.3) is 6.08 Å². The fourth-order valence-corrected chi connectivity index (χ4v) is 3.22. The fourth-order valence-electron chi connectivity index (χ4n) is 1.95. The average molecular weight is 369 g/mol. The van der Waals surface area contributed by atoms with E-state index in [0.29, 0.717) is 6.07 Å². The Labute approximate surface area is 142 Å². The zero-order chi connectivity index (χ0) is 18.6. The molecule has 0 unspecified atom stereocenters. The minimum absolute atomic E-state index is 0.0255. The summed E-state index contributed by atoms with van der Waals surface area (Å²) >= 11 is 0. The van der Waals surface area contributed by atoms with Crippen LogP contribution in [0.3, 0.4) is 0 Å². The quantitative estimate of drug-likeness (QED) is 0.764. The fraction of sp³-hybridized carbons (Fsp3) is 0.0625. The first kappa shape index (κ1) is 18.4. The van der Waals surface area contributed by atoms with Gasteiger partial charge in [0.05, 0.1) is 12.8 Å². The van der Waals surface area contributed by atoms with Gasteiger partial charge in [0.2, 0.25) is 0 Å². The summed E-state index contributed by atoms with van der Waals surface area (Å²) in [6.45, 7) is 0. The summed E-state index contributed by atoms with van der Waals surface area (Å²) < 4.78 is 58.7. The highest BCUT2D eigenvalue weighted by Crippen LogP contribution is 2.28. The smallest absolute Gasteiger partial charge is 0.328 e. The first-order chi connectivity index (χ1) is 11.7. The van der Waals surface area contributed by atoms with E-state index >= 15 is 0 Å². The highest BCUT2D eigenvalue weighted by atomic mass is 32.2. The molecular formula is C16H13F2NO5S. The van der Waals surface area contributed by atoms with Crippen LogP contribution in [0.4, 0.5) is 14.5 Å². The lowest BCUT2D eigenvalue weighted by atomic mass is 10.2. The number of benzene rings is 2. The molecule has 6 nitrogen and oxygen atoms in total. The third kappa shape index (κ3) is 4.54. The van der Waals surface area contributed by atoms with E-state index in [-0.39, 0.29) is 16.2 Å². The van der Waals surface area contributed by atoms with Crippen LogP contribution < -0.4 is 9.46 Å². The summed E-state index contributed by atoms with van der Waals surface area (Å²) in [6, 6.07) is 6.35. The molecule has 0 radical (unpaired) electrons. The Morgan fingerprint density at radius 3 is 2.52 bits per heavy atom. The van der Waals surface area contributed by atoms with E-state index in [2.05, 4.69) is 0 Å². The number of sulfonamides is 1. The number of aliphatic carboxylic acids is 1. The molecule has 0 bridgehead atoms. The highest BCUT2D eigenvalue weighted by Gasteiger charge is 2.21. The molecular weight excluding hydrogens is 356 g/mol. The van der Waals surface area contributed by atoms with Crippen molar-refractivity contribution in [2.75, 3.05) is 11.8 Å². The Bertz CT molecular complexity index is 942. The molecule has 0 aliphatic heterocycles. The maximum absolute atomic E-state index is 13.7. The number of hydrogen-bond acceptors (Lipinski definition) is 4. The van der Waals surface area contributed by atoms with Crippen LogP contribution in [0.15, 0.2) is 47.4 Å². The molecule has 0 aliphatic rings. The van der Waals surface area contributed by atoms with Crippen LogP contribution in [0.2, 0.25) is 0 Å². The second kappa shape index (κ2) is 7.31. The topological polar surface area (TPSA) is 92.7 Å². The van der Waals surface area contributed by atoms with Crippen LogP contribution in [0.5, 0.6) is 5.75 Å². The molecule has 2 rings (SSSR count). The summed E-state index contributed by atoms with van der Waals surface area (Å²) in [5.41, 5.74) is -0.155. The van der Waals surface area contributed by atoms with Gasteiger partial charge in [-0.2, -0.15) is 0 Å². The van der Waals surface area contributed by atoms with Crippen LogP contribution in [0.1, 0.15) is 5.56 Å². The van der Waals surface area contributed by atoms with Crippen LogP contribution >= 0.6 is 0 Å². The van der Waals surface area contributed by atoms with Crippen molar-refractivity contribution >= 4 is 27.8 Å². The molecule has 0 spiro atoms. The van der Waals surface area contributed by atoms with E-state index in [9.17, 15) is 22.0 Å². The number of nitrogens with one attached hydrogen (secondary N) is 1. The van der Waals surface area contributed by atoms with Gasteiger partial charge in [0.1, 0.15) is 22.3 Å². The molecule has 0 saturated heterocycles. The molecule has 0 amide bonds. The largest absolute Gasteiger partial charge is 0.495 e. The Balaban J connectivity index is 2.46. The molecule has 25 heavy (non-hydrogen) atoms. The first-order valence-corrected chi connectivity index (χ1v) is 8.28. The number of carboxylic acid groups (broad SMARTS) is 1. The van der Waals surface area contributed by atoms with E-state index in [4.69, 9.17) is 9.84 Å². The van der Waals surface area contributed by atoms with Gasteiger partial charge in [0.15, 0.2) is 0 Å². The predicted octanol–water partition coefficient (Wildman–Crippen LogP) is 2.87. The molecule has 2 aromatic carbocycles. The summed E-state index contributed by atoms with van der Waals surface area (Å²) in [5.74, 6) is -3.16. The van der Waals surface area contributed by atoms with Gasteiger partial charge in [0, 0.05) is 12.1 Å². The molecule has 132 valence electrons. The molecule has 9 heteroatoms. The van der Waals surface area contributed by atoms with Crippen LogP contribution in [-0.4, -0.2) is 26.6 Å². The van der Waals surface area contributed by atoms with Crippen molar-refractivity contribution in [2.45, 2.75) is 4.90 Å². The number of hydrogen-bond donors (Lipinski definition) is 2. The van der Waals surface area contributed by atoms with E-state index in [1.165, 1.54) is 31.4 Å². The summed E-state index contributed by atoms with van der Waals surface area (Å²) in [4.78, 5) is 10.2. The van der Waals surface area contributed by atoms with Gasteiger partial charge in [-0.05, 0) is 35.9 Å². The monoisotopic (exact) mass is 369 g/mol. The van der Waals surface area contributed by atoms with Crippen molar-refractivity contribution in [3.63, 3.8) is 0 Å². The lowest BCUT2D eigenvalue weighted by molar-refractivity contribution is -0.131. The second-order valence-electron chi connectivity index (χ2n) is 4.81. The zero-order valence-electron chi connectivity index (χ0n) is 12.9. The van der Waals surface area contributed by atoms with Crippen LogP contribution in [0, 0.1) is 11.6 Å². The lowest BCUT2D eigenvalue weighted by Crippen LogP contribution is -2.15. The second-order valence-corrected chi connectivity index (χ2v) is 6.46. The number of carboxylic acids is 1. The number of rotatable bonds is 6. The molecule has 0 heterocycles. The summed E-state index contributed by atoms with van der Waals surface area (Å²) in [5, 5.41) is 8.64. The molecule has 2 N–H and O–H groups in total. The van der Waals surface area contributed by atoms with Gasteiger partial charge in [-0.15, -0.1) is 0 Å². The molecule has 0 aromatic heterocycles. The minimum atomic E-state index is -4.27. The van der Waals surface area contributed by atoms with Crippen molar-refractivity contribution in [1.82, 2.24) is 0 Å². The first-order valence-electron chi connectivity index (χ1n) is 6.80. The van der Waals surface area contributed by atoms with Crippen molar-refractivity contribution in [3.05, 3.63) is 59.7 Å². The number of carbonyl (C=O) groups is 1. The lowest BCUT2D eigenvalue weighted by Gasteiger charge is -2.13. The Morgan fingerprint density at radius 1 is 1.20 bits per heavy atom. The van der Waals surface area contributed by atoms with Crippen molar-refractivity contribution in [2.24, 2.45) is 0 Å². The summed E-state index contributed by atoms with van der Waals surface area (Å²) in [6.07, 6.45) is 2.03. The molecule has 2 aromatic rings. The van der Waals surface area contributed by atoms with Crippen LogP contribution in [-0.2, 0) is 14.8 Å². The number of ether oxygens (including phenoxy) is 1. The normalized spacial score (nSPS) is 11.5. The van der Waals surface area contributed by atoms with Crippen molar-refractivity contribution in [3.8, 4) is 5.75 Å². The average Bonchev–Trinajstić information content (AvgIpc) is 2.55. The molecule has 0 saturated carbocycles. The Hall–Kier alpha value is -2.94. The molecule has 0 fully saturated rings. The standard InChI is InChI=1S/C16H13F2NO5S/c1-24-14-6-2-10(3-7-16(20)21)8-15(14)25(22,23)19-13-5-4-11(17)9-12(13)18/h2-9,19H,1H3,(H,20,21). The Morgan fingerprint density at radius 2 is 1.92 bits per heavy atom. The highest BCUT2D eigenvalue weighted by molar-refractivity contribution is 7.92. The van der Waals surface area contributed by atoms with Gasteiger partial charge in [0.25, 0.3) is 10.0 Å². The SMILES string of the molecule is COc1ccc(C=CC(=O)O)cc1S(=O)(=O)Nc1ccc(F)cc1F. The Kier molecular flexibility index (Phi) is 5.38. The number of anilines is 1. The van der Waals surface area contributed by atoms with Gasteiger partial charge < -0.3 is 9.84 Å². The molecule has 0 aliphatic carbocycles. The third-order valence-corrected chi connectivity index (χ3v) is 4.46. The van der Waals surface area contributed by atoms with Crippen molar-refractivity contribution < 1.29 is 31.8 Å². The number of halogens is 2. The van der Waals surface area contributed by atoms with Gasteiger partial charge in [-0.3, -0.25) is 4.72 Å². The molecule has 0 atom stereocenters. The van der Waals surface area contributed by atoms with Gasteiger partial charge in [-0.25, -0.2) is 22.0 Å². The summed E-state index contributed by atoms with van der Waals surface area (Å²) in [7, 11) is -3.02.